The molecule has 3 aromatic rings. The number of aromatic nitrogens is 2. The van der Waals surface area contributed by atoms with Gasteiger partial charge in [0.05, 0.1) is 5.69 Å². The third kappa shape index (κ3) is 3.96. The SMILES string of the molecule is CC(C)c1cn2c(n1)[C@]1(CCN(C(=O)OCc3ccccc3)[C@@H](C)C1)N(c1cccc(F)c1)C2=O. The van der Waals surface area contributed by atoms with Gasteiger partial charge in [-0.05, 0) is 49.4 Å². The van der Waals surface area contributed by atoms with Crippen molar-refractivity contribution >= 4 is 17.8 Å². The molecule has 8 heteroatoms. The van der Waals surface area contributed by atoms with Crippen LogP contribution < -0.4 is 4.90 Å². The van der Waals surface area contributed by atoms with Gasteiger partial charge in [-0.3, -0.25) is 9.47 Å². The van der Waals surface area contributed by atoms with Gasteiger partial charge in [-0.2, -0.15) is 0 Å². The van der Waals surface area contributed by atoms with Crippen LogP contribution in [0.1, 0.15) is 56.6 Å². The van der Waals surface area contributed by atoms with Crippen LogP contribution in [0.2, 0.25) is 0 Å². The number of anilines is 1. The van der Waals surface area contributed by atoms with Crippen molar-refractivity contribution in [3.05, 3.63) is 83.7 Å². The number of amides is 2. The van der Waals surface area contributed by atoms with Gasteiger partial charge in [0, 0.05) is 24.5 Å². The highest BCUT2D eigenvalue weighted by Gasteiger charge is 2.56. The van der Waals surface area contributed by atoms with Crippen molar-refractivity contribution in [3.8, 4) is 0 Å². The first-order valence-corrected chi connectivity index (χ1v) is 12.0. The van der Waals surface area contributed by atoms with E-state index in [1.807, 2.05) is 51.1 Å². The Morgan fingerprint density at radius 1 is 1.20 bits per heavy atom. The maximum atomic E-state index is 14.2. The Labute approximate surface area is 204 Å². The first kappa shape index (κ1) is 23.1. The van der Waals surface area contributed by atoms with Crippen molar-refractivity contribution in [1.82, 2.24) is 14.5 Å². The highest BCUT2D eigenvalue weighted by Crippen LogP contribution is 2.48. The maximum absolute atomic E-state index is 14.2. The quantitative estimate of drug-likeness (QED) is 0.488. The fourth-order valence-electron chi connectivity index (χ4n) is 5.22. The molecule has 35 heavy (non-hydrogen) atoms. The van der Waals surface area contributed by atoms with Gasteiger partial charge in [-0.15, -0.1) is 0 Å². The molecule has 0 bridgehead atoms. The topological polar surface area (TPSA) is 67.7 Å². The lowest BCUT2D eigenvalue weighted by Crippen LogP contribution is -2.56. The van der Waals surface area contributed by atoms with Gasteiger partial charge in [-0.1, -0.05) is 50.2 Å². The molecule has 3 heterocycles. The Morgan fingerprint density at radius 3 is 2.66 bits per heavy atom. The van der Waals surface area contributed by atoms with E-state index in [1.54, 1.807) is 32.7 Å². The van der Waals surface area contributed by atoms with Crippen LogP contribution in [0.3, 0.4) is 0 Å². The Bertz CT molecular complexity index is 1260. The minimum absolute atomic E-state index is 0.158. The van der Waals surface area contributed by atoms with Gasteiger partial charge in [-0.25, -0.2) is 19.0 Å². The molecule has 2 atom stereocenters. The van der Waals surface area contributed by atoms with Gasteiger partial charge in [0.25, 0.3) is 0 Å². The van der Waals surface area contributed by atoms with E-state index in [9.17, 15) is 14.0 Å². The second-order valence-corrected chi connectivity index (χ2v) is 9.68. The second-order valence-electron chi connectivity index (χ2n) is 9.68. The summed E-state index contributed by atoms with van der Waals surface area (Å²) < 4.78 is 21.3. The Kier molecular flexibility index (Phi) is 5.83. The number of ether oxygens (including phenoxy) is 1. The first-order chi connectivity index (χ1) is 16.8. The van der Waals surface area contributed by atoms with Crippen molar-refractivity contribution in [2.24, 2.45) is 0 Å². The summed E-state index contributed by atoms with van der Waals surface area (Å²) >= 11 is 0. The normalized spacial score (nSPS) is 21.6. The molecule has 1 aromatic heterocycles. The summed E-state index contributed by atoms with van der Waals surface area (Å²) in [5, 5.41) is 0. The standard InChI is InChI=1S/C27H29FN4O3/c1-18(2)23-16-31-24(29-23)27(32(25(31)33)22-11-7-10-21(28)14-22)12-13-30(19(3)15-27)26(34)35-17-20-8-5-4-6-9-20/h4-11,14,16,18-19H,12-13,15,17H2,1-3H3/t19-,27+/m0/s1. The highest BCUT2D eigenvalue weighted by atomic mass is 19.1. The van der Waals surface area contributed by atoms with E-state index in [2.05, 4.69) is 0 Å². The fourth-order valence-corrected chi connectivity index (χ4v) is 5.22. The van der Waals surface area contributed by atoms with Gasteiger partial charge < -0.3 is 9.64 Å². The summed E-state index contributed by atoms with van der Waals surface area (Å²) in [7, 11) is 0. The number of benzene rings is 2. The minimum Gasteiger partial charge on any atom is -0.445 e. The lowest BCUT2D eigenvalue weighted by Gasteiger charge is -2.46. The summed E-state index contributed by atoms with van der Waals surface area (Å²) in [6.45, 7) is 6.61. The summed E-state index contributed by atoms with van der Waals surface area (Å²) in [6.07, 6.45) is 2.33. The second kappa shape index (κ2) is 8.83. The molecule has 2 amide bonds. The van der Waals surface area contributed by atoms with Crippen LogP contribution in [0, 0.1) is 5.82 Å². The summed E-state index contributed by atoms with van der Waals surface area (Å²) in [5.41, 5.74) is 1.46. The van der Waals surface area contributed by atoms with E-state index < -0.39 is 11.4 Å². The van der Waals surface area contributed by atoms with Crippen molar-refractivity contribution in [2.75, 3.05) is 11.4 Å². The summed E-state index contributed by atoms with van der Waals surface area (Å²) in [4.78, 5) is 34.8. The van der Waals surface area contributed by atoms with Crippen LogP contribution in [-0.4, -0.2) is 39.2 Å². The fraction of sp³-hybridized carbons (Fsp3) is 0.370. The maximum Gasteiger partial charge on any atom is 0.410 e. The van der Waals surface area contributed by atoms with Crippen molar-refractivity contribution in [3.63, 3.8) is 0 Å². The number of carbonyl (C=O) groups excluding carboxylic acids is 2. The predicted molar refractivity (Wildman–Crippen MR) is 130 cm³/mol. The number of halogens is 1. The average Bonchev–Trinajstić information content (AvgIpc) is 3.37. The predicted octanol–water partition coefficient (Wildman–Crippen LogP) is 5.65. The average molecular weight is 477 g/mol. The van der Waals surface area contributed by atoms with Crippen LogP contribution in [0.25, 0.3) is 0 Å². The van der Waals surface area contributed by atoms with Crippen LogP contribution in [0.4, 0.5) is 19.7 Å². The molecule has 2 aliphatic heterocycles. The molecule has 182 valence electrons. The molecule has 1 fully saturated rings. The van der Waals surface area contributed by atoms with E-state index in [4.69, 9.17) is 9.72 Å². The molecule has 5 rings (SSSR count). The molecule has 0 saturated carbocycles. The Morgan fingerprint density at radius 2 is 1.97 bits per heavy atom. The zero-order valence-corrected chi connectivity index (χ0v) is 20.1. The largest absolute Gasteiger partial charge is 0.445 e. The van der Waals surface area contributed by atoms with E-state index >= 15 is 0 Å². The molecule has 0 N–H and O–H groups in total. The monoisotopic (exact) mass is 476 g/mol. The molecule has 1 saturated heterocycles. The number of imidazole rings is 1. The molecule has 2 aromatic carbocycles. The Balaban J connectivity index is 1.45. The number of piperidine rings is 1. The molecule has 0 radical (unpaired) electrons. The number of hydrogen-bond donors (Lipinski definition) is 0. The number of hydrogen-bond acceptors (Lipinski definition) is 4. The van der Waals surface area contributed by atoms with Gasteiger partial charge >= 0.3 is 12.1 Å². The lowest BCUT2D eigenvalue weighted by atomic mass is 9.82. The first-order valence-electron chi connectivity index (χ1n) is 12.0. The van der Waals surface area contributed by atoms with Crippen molar-refractivity contribution in [2.45, 2.75) is 57.7 Å². The molecular weight excluding hydrogens is 447 g/mol. The molecular formula is C27H29FN4O3. The summed E-state index contributed by atoms with van der Waals surface area (Å²) in [6, 6.07) is 15.2. The number of likely N-dealkylation sites (tertiary alicyclic amines) is 1. The van der Waals surface area contributed by atoms with E-state index in [-0.39, 0.29) is 30.7 Å². The number of carbonyl (C=O) groups is 2. The lowest BCUT2D eigenvalue weighted by molar-refractivity contribution is 0.0553. The van der Waals surface area contributed by atoms with Crippen LogP contribution in [0.5, 0.6) is 0 Å². The van der Waals surface area contributed by atoms with Crippen LogP contribution >= 0.6 is 0 Å². The zero-order chi connectivity index (χ0) is 24.7. The molecule has 0 aliphatic carbocycles. The molecule has 1 spiro atoms. The van der Waals surface area contributed by atoms with Crippen molar-refractivity contribution < 1.29 is 18.7 Å². The molecule has 2 aliphatic rings. The van der Waals surface area contributed by atoms with E-state index in [0.717, 1.165) is 11.3 Å². The van der Waals surface area contributed by atoms with E-state index in [1.165, 1.54) is 12.1 Å². The van der Waals surface area contributed by atoms with Crippen LogP contribution in [-0.2, 0) is 16.9 Å². The van der Waals surface area contributed by atoms with Gasteiger partial charge in [0.15, 0.2) is 0 Å². The zero-order valence-electron chi connectivity index (χ0n) is 20.1. The third-order valence-electron chi connectivity index (χ3n) is 7.00. The number of nitrogens with zero attached hydrogens (tertiary/aromatic N) is 4. The smallest absolute Gasteiger partial charge is 0.410 e. The number of rotatable bonds is 4. The Hall–Kier alpha value is -3.68. The van der Waals surface area contributed by atoms with E-state index in [0.29, 0.717) is 30.9 Å². The summed E-state index contributed by atoms with van der Waals surface area (Å²) in [5.74, 6) is 0.401. The van der Waals surface area contributed by atoms with Crippen molar-refractivity contribution in [1.29, 1.82) is 0 Å². The molecule has 0 unspecified atom stereocenters. The minimum atomic E-state index is -0.784. The molecule has 7 nitrogen and oxygen atoms in total. The number of fused-ring (bicyclic) bond motifs is 2. The highest BCUT2D eigenvalue weighted by molar-refractivity contribution is 5.99. The third-order valence-corrected chi connectivity index (χ3v) is 7.00. The van der Waals surface area contributed by atoms with Gasteiger partial charge in [0.2, 0.25) is 0 Å². The van der Waals surface area contributed by atoms with Crippen LogP contribution in [0.15, 0.2) is 60.8 Å². The van der Waals surface area contributed by atoms with Gasteiger partial charge in [0.1, 0.15) is 23.8 Å².